The number of piperidine rings is 1. The van der Waals surface area contributed by atoms with Crippen molar-refractivity contribution in [1.29, 1.82) is 0 Å². The lowest BCUT2D eigenvalue weighted by molar-refractivity contribution is -0.214. The summed E-state index contributed by atoms with van der Waals surface area (Å²) in [6.45, 7) is 9.13. The molecular formula is C17H25FN2O. The topological polar surface area (TPSA) is 25.4 Å². The van der Waals surface area contributed by atoms with E-state index in [0.717, 1.165) is 25.9 Å². The van der Waals surface area contributed by atoms with E-state index in [4.69, 9.17) is 4.74 Å². The Morgan fingerprint density at radius 1 is 1.38 bits per heavy atom. The summed E-state index contributed by atoms with van der Waals surface area (Å²) in [7, 11) is 0. The number of aromatic nitrogens is 1. The van der Waals surface area contributed by atoms with Gasteiger partial charge in [0, 0.05) is 31.7 Å². The maximum absolute atomic E-state index is 13.7. The molecule has 0 aliphatic carbocycles. The van der Waals surface area contributed by atoms with Gasteiger partial charge in [-0.25, -0.2) is 4.39 Å². The Morgan fingerprint density at radius 2 is 2.19 bits per heavy atom. The number of hydrogen-bond donors (Lipinski definition) is 0. The summed E-state index contributed by atoms with van der Waals surface area (Å²) in [6, 6.07) is 3.13. The Bertz CT molecular complexity index is 519. The molecule has 0 saturated carbocycles. The van der Waals surface area contributed by atoms with Crippen LogP contribution in [0.2, 0.25) is 0 Å². The Kier molecular flexibility index (Phi) is 3.78. The van der Waals surface area contributed by atoms with E-state index in [1.54, 1.807) is 12.3 Å². The van der Waals surface area contributed by atoms with Crippen molar-refractivity contribution < 1.29 is 9.13 Å². The number of ether oxygens (including phenoxy) is 1. The van der Waals surface area contributed by atoms with Crippen LogP contribution in [0.1, 0.15) is 45.7 Å². The van der Waals surface area contributed by atoms with Gasteiger partial charge >= 0.3 is 0 Å². The van der Waals surface area contributed by atoms with Crippen LogP contribution in [0.5, 0.6) is 0 Å². The van der Waals surface area contributed by atoms with E-state index in [1.807, 2.05) is 0 Å². The molecule has 3 heterocycles. The summed E-state index contributed by atoms with van der Waals surface area (Å²) in [6.07, 6.45) is 4.96. The van der Waals surface area contributed by atoms with Gasteiger partial charge in [0.25, 0.3) is 0 Å². The van der Waals surface area contributed by atoms with Gasteiger partial charge in [-0.1, -0.05) is 0 Å². The molecule has 0 aromatic carbocycles. The molecule has 21 heavy (non-hydrogen) atoms. The molecule has 3 nitrogen and oxygen atoms in total. The summed E-state index contributed by atoms with van der Waals surface area (Å²) < 4.78 is 20.1. The molecule has 2 aliphatic rings. The maximum Gasteiger partial charge on any atom is 0.146 e. The van der Waals surface area contributed by atoms with E-state index >= 15 is 0 Å². The molecule has 1 aromatic rings. The first-order chi connectivity index (χ1) is 9.88. The zero-order chi connectivity index (χ0) is 15.1. The highest BCUT2D eigenvalue weighted by atomic mass is 19.1. The normalized spacial score (nSPS) is 32.7. The van der Waals surface area contributed by atoms with Gasteiger partial charge in [-0.15, -0.1) is 0 Å². The van der Waals surface area contributed by atoms with Crippen molar-refractivity contribution in [2.24, 2.45) is 5.92 Å². The second-order valence-corrected chi connectivity index (χ2v) is 7.33. The summed E-state index contributed by atoms with van der Waals surface area (Å²) in [5.41, 5.74) is 0.514. The van der Waals surface area contributed by atoms with E-state index in [0.29, 0.717) is 18.2 Å². The Labute approximate surface area is 126 Å². The average molecular weight is 292 g/mol. The van der Waals surface area contributed by atoms with Crippen molar-refractivity contribution >= 4 is 0 Å². The van der Waals surface area contributed by atoms with Crippen LogP contribution in [0.25, 0.3) is 0 Å². The number of hydrogen-bond acceptors (Lipinski definition) is 3. The van der Waals surface area contributed by atoms with Crippen LogP contribution in [-0.2, 0) is 11.3 Å². The zero-order valence-electron chi connectivity index (χ0n) is 13.2. The van der Waals surface area contributed by atoms with Gasteiger partial charge in [-0.05, 0) is 52.2 Å². The molecule has 0 spiro atoms. The van der Waals surface area contributed by atoms with Gasteiger partial charge in [0.05, 0.1) is 16.9 Å². The average Bonchev–Trinajstić information content (AvgIpc) is 2.41. The number of fused-ring (bicyclic) bond motifs is 1. The molecule has 1 aromatic heterocycles. The second kappa shape index (κ2) is 5.33. The Hall–Kier alpha value is -1.00. The Balaban J connectivity index is 1.67. The van der Waals surface area contributed by atoms with Crippen molar-refractivity contribution in [3.05, 3.63) is 29.8 Å². The minimum absolute atomic E-state index is 0.0134. The predicted octanol–water partition coefficient (Wildman–Crippen LogP) is 3.39. The molecule has 4 heteroatoms. The van der Waals surface area contributed by atoms with Crippen LogP contribution in [0.4, 0.5) is 4.39 Å². The van der Waals surface area contributed by atoms with Crippen LogP contribution in [0.15, 0.2) is 18.3 Å². The third-order valence-corrected chi connectivity index (χ3v) is 5.08. The predicted molar refractivity (Wildman–Crippen MR) is 80.4 cm³/mol. The lowest BCUT2D eigenvalue weighted by atomic mass is 9.74. The molecule has 2 aliphatic heterocycles. The number of nitrogens with zero attached hydrogens (tertiary/aromatic N) is 2. The molecule has 3 rings (SSSR count). The molecule has 0 bridgehead atoms. The van der Waals surface area contributed by atoms with Crippen LogP contribution in [0.3, 0.4) is 0 Å². The van der Waals surface area contributed by atoms with Crippen LogP contribution >= 0.6 is 0 Å². The van der Waals surface area contributed by atoms with E-state index in [9.17, 15) is 4.39 Å². The maximum atomic E-state index is 13.7. The molecule has 2 fully saturated rings. The number of pyridine rings is 1. The Morgan fingerprint density at radius 3 is 2.95 bits per heavy atom. The van der Waals surface area contributed by atoms with Crippen LogP contribution in [0, 0.1) is 11.7 Å². The molecule has 116 valence electrons. The third-order valence-electron chi connectivity index (χ3n) is 5.08. The standard InChI is InChI=1S/C17H25FN2O/c1-16(2)7-6-13-11-20(10-8-17(13,3)21-16)12-15-14(18)5-4-9-19-15/h4-5,9,13H,6-8,10-12H2,1-3H3/t13-,17+/m0/s1. The molecular weight excluding hydrogens is 267 g/mol. The van der Waals surface area contributed by atoms with Gasteiger partial charge in [0.2, 0.25) is 0 Å². The lowest BCUT2D eigenvalue weighted by Crippen LogP contribution is -2.57. The van der Waals surface area contributed by atoms with Crippen molar-refractivity contribution in [2.45, 2.75) is 57.8 Å². The van der Waals surface area contributed by atoms with Gasteiger partial charge in [-0.2, -0.15) is 0 Å². The highest BCUT2D eigenvalue weighted by molar-refractivity contribution is 5.08. The third kappa shape index (κ3) is 3.11. The van der Waals surface area contributed by atoms with E-state index < -0.39 is 0 Å². The largest absolute Gasteiger partial charge is 0.369 e. The van der Waals surface area contributed by atoms with Crippen molar-refractivity contribution in [1.82, 2.24) is 9.88 Å². The first kappa shape index (κ1) is 14.9. The van der Waals surface area contributed by atoms with Gasteiger partial charge in [0.1, 0.15) is 5.82 Å². The number of likely N-dealkylation sites (tertiary alicyclic amines) is 1. The fourth-order valence-electron chi connectivity index (χ4n) is 3.81. The lowest BCUT2D eigenvalue weighted by Gasteiger charge is -2.53. The second-order valence-electron chi connectivity index (χ2n) is 7.33. The quantitative estimate of drug-likeness (QED) is 0.835. The van der Waals surface area contributed by atoms with E-state index in [2.05, 4.69) is 30.7 Å². The summed E-state index contributed by atoms with van der Waals surface area (Å²) >= 11 is 0. The van der Waals surface area contributed by atoms with Gasteiger partial charge in [-0.3, -0.25) is 9.88 Å². The summed E-state index contributed by atoms with van der Waals surface area (Å²) in [5.74, 6) is 0.331. The SMILES string of the molecule is CC1(C)CC[C@H]2CN(Cc3ncccc3F)CC[C@@]2(C)O1. The highest BCUT2D eigenvalue weighted by Crippen LogP contribution is 2.44. The monoisotopic (exact) mass is 292 g/mol. The molecule has 0 amide bonds. The van der Waals surface area contributed by atoms with Gasteiger partial charge < -0.3 is 4.74 Å². The first-order valence-corrected chi connectivity index (χ1v) is 7.90. The van der Waals surface area contributed by atoms with E-state index in [1.165, 1.54) is 12.5 Å². The van der Waals surface area contributed by atoms with E-state index in [-0.39, 0.29) is 17.0 Å². The minimum Gasteiger partial charge on any atom is -0.369 e. The molecule has 0 N–H and O–H groups in total. The fourth-order valence-corrected chi connectivity index (χ4v) is 3.81. The molecule has 2 saturated heterocycles. The minimum atomic E-state index is -0.202. The highest BCUT2D eigenvalue weighted by Gasteiger charge is 2.47. The molecule has 2 atom stereocenters. The number of halogens is 1. The zero-order valence-corrected chi connectivity index (χ0v) is 13.2. The summed E-state index contributed by atoms with van der Waals surface area (Å²) in [4.78, 5) is 6.49. The molecule has 0 radical (unpaired) electrons. The number of rotatable bonds is 2. The van der Waals surface area contributed by atoms with Crippen molar-refractivity contribution in [3.63, 3.8) is 0 Å². The smallest absolute Gasteiger partial charge is 0.146 e. The van der Waals surface area contributed by atoms with Crippen molar-refractivity contribution in [2.75, 3.05) is 13.1 Å². The fraction of sp³-hybridized carbons (Fsp3) is 0.706. The van der Waals surface area contributed by atoms with Crippen LogP contribution < -0.4 is 0 Å². The first-order valence-electron chi connectivity index (χ1n) is 7.90. The summed E-state index contributed by atoms with van der Waals surface area (Å²) in [5, 5.41) is 0. The van der Waals surface area contributed by atoms with Crippen molar-refractivity contribution in [3.8, 4) is 0 Å². The molecule has 0 unspecified atom stereocenters. The van der Waals surface area contributed by atoms with Crippen LogP contribution in [-0.4, -0.2) is 34.2 Å². The van der Waals surface area contributed by atoms with Gasteiger partial charge in [0.15, 0.2) is 0 Å².